The summed E-state index contributed by atoms with van der Waals surface area (Å²) in [6.07, 6.45) is 0.763. The van der Waals surface area contributed by atoms with E-state index in [0.29, 0.717) is 5.56 Å². The highest BCUT2D eigenvalue weighted by Crippen LogP contribution is 2.33. The third-order valence-electron chi connectivity index (χ3n) is 5.91. The summed E-state index contributed by atoms with van der Waals surface area (Å²) in [4.78, 5) is 39.8. The smallest absolute Gasteiger partial charge is 0.324 e. The molecule has 1 unspecified atom stereocenters. The number of aryl methyl sites for hydroxylation is 2. The molecule has 0 radical (unpaired) electrons. The van der Waals surface area contributed by atoms with Crippen LogP contribution < -0.4 is 10.6 Å². The summed E-state index contributed by atoms with van der Waals surface area (Å²) in [5.74, 6) is -0.848. The van der Waals surface area contributed by atoms with Gasteiger partial charge < -0.3 is 10.6 Å². The van der Waals surface area contributed by atoms with E-state index in [1.807, 2.05) is 74.5 Å². The lowest BCUT2D eigenvalue weighted by atomic mass is 9.88. The largest absolute Gasteiger partial charge is 0.325 e. The van der Waals surface area contributed by atoms with Crippen molar-refractivity contribution in [3.05, 3.63) is 77.4 Å². The van der Waals surface area contributed by atoms with Crippen molar-refractivity contribution in [1.82, 2.24) is 10.2 Å². The average Bonchev–Trinajstić information content (AvgIpc) is 2.98. The van der Waals surface area contributed by atoms with Crippen molar-refractivity contribution < 1.29 is 14.4 Å². The number of urea groups is 1. The van der Waals surface area contributed by atoms with Crippen molar-refractivity contribution in [3.63, 3.8) is 0 Å². The van der Waals surface area contributed by atoms with Gasteiger partial charge in [0.25, 0.3) is 5.91 Å². The number of hydrogen-bond donors (Lipinski definition) is 2. The van der Waals surface area contributed by atoms with Crippen LogP contribution in [0.3, 0.4) is 0 Å². The molecule has 0 spiro atoms. The van der Waals surface area contributed by atoms with Gasteiger partial charge in [0.05, 0.1) is 0 Å². The number of para-hydroxylation sites is 1. The Morgan fingerprint density at radius 1 is 1.03 bits per heavy atom. The van der Waals surface area contributed by atoms with Crippen LogP contribution in [0.25, 0.3) is 10.8 Å². The van der Waals surface area contributed by atoms with Crippen LogP contribution in [-0.2, 0) is 21.5 Å². The molecule has 158 valence electrons. The summed E-state index contributed by atoms with van der Waals surface area (Å²) in [7, 11) is 0. The minimum absolute atomic E-state index is 0.345. The second-order valence-corrected chi connectivity index (χ2v) is 7.98. The Morgan fingerprint density at radius 2 is 1.74 bits per heavy atom. The van der Waals surface area contributed by atoms with Gasteiger partial charge in [0.2, 0.25) is 5.91 Å². The van der Waals surface area contributed by atoms with Gasteiger partial charge in [0, 0.05) is 5.69 Å². The molecule has 4 rings (SSSR count). The van der Waals surface area contributed by atoms with Gasteiger partial charge >= 0.3 is 6.03 Å². The molecular weight excluding hydrogens is 390 g/mol. The molecule has 31 heavy (non-hydrogen) atoms. The lowest BCUT2D eigenvalue weighted by Gasteiger charge is -2.24. The summed E-state index contributed by atoms with van der Waals surface area (Å²) in [5, 5.41) is 7.55. The number of carbonyl (C=O) groups is 3. The predicted octanol–water partition coefficient (Wildman–Crippen LogP) is 4.12. The van der Waals surface area contributed by atoms with Crippen molar-refractivity contribution in [2.45, 2.75) is 32.7 Å². The molecule has 1 heterocycles. The number of rotatable bonds is 5. The van der Waals surface area contributed by atoms with Crippen molar-refractivity contribution in [2.24, 2.45) is 0 Å². The van der Waals surface area contributed by atoms with Gasteiger partial charge in [-0.1, -0.05) is 67.6 Å². The van der Waals surface area contributed by atoms with Crippen LogP contribution in [-0.4, -0.2) is 29.3 Å². The third-order valence-corrected chi connectivity index (χ3v) is 5.91. The quantitative estimate of drug-likeness (QED) is 0.616. The highest BCUT2D eigenvalue weighted by atomic mass is 16.2. The van der Waals surface area contributed by atoms with E-state index in [4.69, 9.17) is 0 Å². The molecule has 0 aromatic heterocycles. The number of hydrogen-bond acceptors (Lipinski definition) is 3. The Bertz CT molecular complexity index is 1200. The number of carbonyl (C=O) groups excluding carboxylic acids is 3. The summed E-state index contributed by atoms with van der Waals surface area (Å²) in [5.41, 5.74) is 2.14. The van der Waals surface area contributed by atoms with E-state index in [1.54, 1.807) is 6.92 Å². The van der Waals surface area contributed by atoms with Crippen LogP contribution in [0.15, 0.2) is 60.7 Å². The van der Waals surface area contributed by atoms with E-state index < -0.39 is 23.4 Å². The van der Waals surface area contributed by atoms with E-state index in [0.717, 1.165) is 38.9 Å². The summed E-state index contributed by atoms with van der Waals surface area (Å²) >= 11 is 0. The Hall–Kier alpha value is -3.67. The molecular formula is C25H25N3O3. The molecule has 1 aliphatic rings. The highest BCUT2D eigenvalue weighted by molar-refractivity contribution is 6.11. The molecule has 1 fully saturated rings. The van der Waals surface area contributed by atoms with Gasteiger partial charge in [0.1, 0.15) is 12.1 Å². The zero-order valence-corrected chi connectivity index (χ0v) is 17.9. The van der Waals surface area contributed by atoms with Crippen LogP contribution in [0, 0.1) is 6.92 Å². The van der Waals surface area contributed by atoms with Crippen molar-refractivity contribution >= 4 is 34.3 Å². The molecule has 0 bridgehead atoms. The maximum Gasteiger partial charge on any atom is 0.325 e. The van der Waals surface area contributed by atoms with E-state index >= 15 is 0 Å². The van der Waals surface area contributed by atoms with Gasteiger partial charge in [0.15, 0.2) is 0 Å². The monoisotopic (exact) mass is 415 g/mol. The van der Waals surface area contributed by atoms with Crippen LogP contribution in [0.2, 0.25) is 0 Å². The zero-order chi connectivity index (χ0) is 22.2. The average molecular weight is 415 g/mol. The minimum Gasteiger partial charge on any atom is -0.324 e. The van der Waals surface area contributed by atoms with Crippen molar-refractivity contribution in [1.29, 1.82) is 0 Å². The van der Waals surface area contributed by atoms with Crippen molar-refractivity contribution in [3.8, 4) is 0 Å². The molecule has 0 saturated carbocycles. The van der Waals surface area contributed by atoms with E-state index in [2.05, 4.69) is 10.6 Å². The second-order valence-electron chi connectivity index (χ2n) is 7.98. The number of amides is 4. The third kappa shape index (κ3) is 3.54. The number of fused-ring (bicyclic) bond motifs is 1. The lowest BCUT2D eigenvalue weighted by molar-refractivity contribution is -0.133. The lowest BCUT2D eigenvalue weighted by Crippen LogP contribution is -2.42. The van der Waals surface area contributed by atoms with Crippen molar-refractivity contribution in [2.75, 3.05) is 11.9 Å². The summed E-state index contributed by atoms with van der Waals surface area (Å²) < 4.78 is 0. The fraction of sp³-hybridized carbons (Fsp3) is 0.240. The molecule has 6 heteroatoms. The first-order valence-corrected chi connectivity index (χ1v) is 10.4. The predicted molar refractivity (Wildman–Crippen MR) is 121 cm³/mol. The van der Waals surface area contributed by atoms with E-state index in [-0.39, 0.29) is 6.54 Å². The molecule has 3 aromatic rings. The Morgan fingerprint density at radius 3 is 2.52 bits per heavy atom. The number of imide groups is 1. The van der Waals surface area contributed by atoms with Crippen LogP contribution in [0.1, 0.15) is 30.5 Å². The standard InChI is InChI=1S/C25H25N3O3/c1-4-17-11-7-9-16(2)22(17)26-21(29)15-28-23(30)25(3,27-24(28)31)20-14-8-12-18-10-5-6-13-19(18)20/h5-14H,4,15H2,1-3H3,(H,26,29)(H,27,31). The summed E-state index contributed by atoms with van der Waals surface area (Å²) in [6.45, 7) is 5.27. The molecule has 6 nitrogen and oxygen atoms in total. The topological polar surface area (TPSA) is 78.5 Å². The SMILES string of the molecule is CCc1cccc(C)c1NC(=O)CN1C(=O)NC(C)(c2cccc3ccccc23)C1=O. The van der Waals surface area contributed by atoms with Gasteiger partial charge in [-0.15, -0.1) is 0 Å². The zero-order valence-electron chi connectivity index (χ0n) is 17.9. The normalized spacial score (nSPS) is 18.4. The fourth-order valence-electron chi connectivity index (χ4n) is 4.21. The van der Waals surface area contributed by atoms with Gasteiger partial charge in [-0.3, -0.25) is 14.5 Å². The number of benzene rings is 3. The first-order chi connectivity index (χ1) is 14.8. The molecule has 1 atom stereocenters. The Balaban J connectivity index is 1.60. The molecule has 3 aromatic carbocycles. The fourth-order valence-corrected chi connectivity index (χ4v) is 4.21. The Kier molecular flexibility index (Phi) is 5.23. The van der Waals surface area contributed by atoms with E-state index in [9.17, 15) is 14.4 Å². The number of nitrogens with one attached hydrogen (secondary N) is 2. The Labute approximate surface area is 181 Å². The minimum atomic E-state index is -1.24. The molecule has 1 aliphatic heterocycles. The highest BCUT2D eigenvalue weighted by Gasteiger charge is 2.50. The molecule has 0 aliphatic carbocycles. The molecule has 2 N–H and O–H groups in total. The second kappa shape index (κ2) is 7.87. The molecule has 1 saturated heterocycles. The first-order valence-electron chi connectivity index (χ1n) is 10.4. The molecule has 4 amide bonds. The van der Waals surface area contributed by atoms with Gasteiger partial charge in [-0.25, -0.2) is 4.79 Å². The number of nitrogens with zero attached hydrogens (tertiary/aromatic N) is 1. The van der Waals surface area contributed by atoms with Gasteiger partial charge in [-0.2, -0.15) is 0 Å². The maximum atomic E-state index is 13.3. The first kappa shape index (κ1) is 20.6. The summed E-state index contributed by atoms with van der Waals surface area (Å²) in [6, 6.07) is 18.6. The van der Waals surface area contributed by atoms with Crippen LogP contribution >= 0.6 is 0 Å². The van der Waals surface area contributed by atoms with Gasteiger partial charge in [-0.05, 0) is 47.7 Å². The number of anilines is 1. The van der Waals surface area contributed by atoms with Crippen LogP contribution in [0.5, 0.6) is 0 Å². The maximum absolute atomic E-state index is 13.3. The van der Waals surface area contributed by atoms with E-state index in [1.165, 1.54) is 0 Å². The van der Waals surface area contributed by atoms with Crippen LogP contribution in [0.4, 0.5) is 10.5 Å².